The third-order valence-corrected chi connectivity index (χ3v) is 5.05. The van der Waals surface area contributed by atoms with Gasteiger partial charge in [-0.05, 0) is 48.9 Å². The molecule has 2 fully saturated rings. The van der Waals surface area contributed by atoms with Gasteiger partial charge in [-0.3, -0.25) is 9.69 Å². The number of carboxylic acids is 1. The number of hydrogen-bond donors (Lipinski definition) is 1. The van der Waals surface area contributed by atoms with Gasteiger partial charge in [0.25, 0.3) is 0 Å². The van der Waals surface area contributed by atoms with Gasteiger partial charge >= 0.3 is 5.97 Å². The van der Waals surface area contributed by atoms with Crippen LogP contribution in [-0.2, 0) is 4.79 Å². The zero-order valence-corrected chi connectivity index (χ0v) is 12.2. The summed E-state index contributed by atoms with van der Waals surface area (Å²) >= 11 is 0. The SMILES string of the molecule is O=C(O)[C@@H](CC1CCC1)N1CCC(c2cccc(F)c2)C1. The third-order valence-electron chi connectivity index (χ3n) is 5.05. The molecule has 1 unspecified atom stereocenters. The van der Waals surface area contributed by atoms with E-state index in [1.54, 1.807) is 12.1 Å². The Kier molecular flexibility index (Phi) is 4.24. The first-order valence-corrected chi connectivity index (χ1v) is 7.86. The zero-order chi connectivity index (χ0) is 14.8. The van der Waals surface area contributed by atoms with Crippen molar-refractivity contribution in [3.8, 4) is 0 Å². The van der Waals surface area contributed by atoms with Gasteiger partial charge in [-0.1, -0.05) is 31.4 Å². The van der Waals surface area contributed by atoms with Crippen molar-refractivity contribution in [2.24, 2.45) is 5.92 Å². The number of carbonyl (C=O) groups is 1. The lowest BCUT2D eigenvalue weighted by molar-refractivity contribution is -0.143. The molecule has 0 amide bonds. The second kappa shape index (κ2) is 6.14. The minimum atomic E-state index is -0.707. The Morgan fingerprint density at radius 1 is 1.38 bits per heavy atom. The van der Waals surface area contributed by atoms with Crippen molar-refractivity contribution in [3.05, 3.63) is 35.6 Å². The summed E-state index contributed by atoms with van der Waals surface area (Å²) in [7, 11) is 0. The maximum atomic E-state index is 13.3. The van der Waals surface area contributed by atoms with Crippen LogP contribution in [0, 0.1) is 11.7 Å². The van der Waals surface area contributed by atoms with Gasteiger partial charge in [-0.2, -0.15) is 0 Å². The first-order valence-electron chi connectivity index (χ1n) is 7.86. The monoisotopic (exact) mass is 291 g/mol. The van der Waals surface area contributed by atoms with E-state index < -0.39 is 5.97 Å². The summed E-state index contributed by atoms with van der Waals surface area (Å²) in [4.78, 5) is 13.6. The number of hydrogen-bond acceptors (Lipinski definition) is 2. The molecule has 2 atom stereocenters. The number of carboxylic acid groups (broad SMARTS) is 1. The molecule has 0 aromatic heterocycles. The highest BCUT2D eigenvalue weighted by atomic mass is 19.1. The highest BCUT2D eigenvalue weighted by Gasteiger charge is 2.35. The molecule has 1 aliphatic heterocycles. The molecule has 1 N–H and O–H groups in total. The zero-order valence-electron chi connectivity index (χ0n) is 12.2. The molecule has 1 saturated heterocycles. The van der Waals surface area contributed by atoms with Crippen LogP contribution in [0.1, 0.15) is 43.6 Å². The van der Waals surface area contributed by atoms with E-state index in [-0.39, 0.29) is 17.8 Å². The minimum absolute atomic E-state index is 0.213. The summed E-state index contributed by atoms with van der Waals surface area (Å²) < 4.78 is 13.3. The normalized spacial score (nSPS) is 24.7. The van der Waals surface area contributed by atoms with E-state index >= 15 is 0 Å². The quantitative estimate of drug-likeness (QED) is 0.905. The molecule has 1 heterocycles. The van der Waals surface area contributed by atoms with E-state index in [4.69, 9.17) is 0 Å². The van der Waals surface area contributed by atoms with E-state index in [0.717, 1.165) is 31.5 Å². The van der Waals surface area contributed by atoms with Crippen LogP contribution in [0.5, 0.6) is 0 Å². The van der Waals surface area contributed by atoms with E-state index in [9.17, 15) is 14.3 Å². The summed E-state index contributed by atoms with van der Waals surface area (Å²) in [5, 5.41) is 9.50. The topological polar surface area (TPSA) is 40.5 Å². The number of benzene rings is 1. The fourth-order valence-corrected chi connectivity index (χ4v) is 3.55. The minimum Gasteiger partial charge on any atom is -0.480 e. The van der Waals surface area contributed by atoms with Crippen molar-refractivity contribution in [2.75, 3.05) is 13.1 Å². The van der Waals surface area contributed by atoms with Crippen molar-refractivity contribution in [1.82, 2.24) is 4.90 Å². The second-order valence-corrected chi connectivity index (χ2v) is 6.42. The average molecular weight is 291 g/mol. The van der Waals surface area contributed by atoms with Gasteiger partial charge < -0.3 is 5.11 Å². The van der Waals surface area contributed by atoms with Crippen LogP contribution in [0.3, 0.4) is 0 Å². The van der Waals surface area contributed by atoms with E-state index in [1.807, 2.05) is 6.07 Å². The summed E-state index contributed by atoms with van der Waals surface area (Å²) in [5.41, 5.74) is 0.991. The standard InChI is InChI=1S/C17H22FNO2/c18-15-6-2-5-13(10-15)14-7-8-19(11-14)16(17(20)21)9-12-3-1-4-12/h2,5-6,10,12,14,16H,1,3-4,7-9,11H2,(H,20,21)/t14?,16-/m1/s1. The Morgan fingerprint density at radius 3 is 2.81 bits per heavy atom. The first kappa shape index (κ1) is 14.5. The van der Waals surface area contributed by atoms with Gasteiger partial charge in [-0.25, -0.2) is 4.39 Å². The summed E-state index contributed by atoms with van der Waals surface area (Å²) in [6.07, 6.45) is 5.27. The van der Waals surface area contributed by atoms with Gasteiger partial charge in [0, 0.05) is 6.54 Å². The molecule has 1 saturated carbocycles. The van der Waals surface area contributed by atoms with Gasteiger partial charge in [0.15, 0.2) is 0 Å². The predicted molar refractivity (Wildman–Crippen MR) is 78.7 cm³/mol. The van der Waals surface area contributed by atoms with Crippen LogP contribution < -0.4 is 0 Å². The van der Waals surface area contributed by atoms with Gasteiger partial charge in [0.2, 0.25) is 0 Å². The van der Waals surface area contributed by atoms with E-state index in [2.05, 4.69) is 4.90 Å². The van der Waals surface area contributed by atoms with Crippen LogP contribution in [0.4, 0.5) is 4.39 Å². The lowest BCUT2D eigenvalue weighted by Crippen LogP contribution is -2.41. The van der Waals surface area contributed by atoms with E-state index in [1.165, 1.54) is 25.3 Å². The predicted octanol–water partition coefficient (Wildman–Crippen LogP) is 3.26. The highest BCUT2D eigenvalue weighted by Crippen LogP contribution is 2.35. The molecule has 2 aliphatic rings. The molecule has 0 radical (unpaired) electrons. The Hall–Kier alpha value is -1.42. The van der Waals surface area contributed by atoms with Crippen molar-refractivity contribution < 1.29 is 14.3 Å². The highest BCUT2D eigenvalue weighted by molar-refractivity contribution is 5.73. The lowest BCUT2D eigenvalue weighted by atomic mass is 9.80. The fourth-order valence-electron chi connectivity index (χ4n) is 3.55. The lowest BCUT2D eigenvalue weighted by Gasteiger charge is -2.32. The van der Waals surface area contributed by atoms with Crippen molar-refractivity contribution in [3.63, 3.8) is 0 Å². The molecule has 3 rings (SSSR count). The first-order chi connectivity index (χ1) is 10.1. The summed E-state index contributed by atoms with van der Waals surface area (Å²) in [6.45, 7) is 1.53. The largest absolute Gasteiger partial charge is 0.480 e. The van der Waals surface area contributed by atoms with Crippen molar-refractivity contribution >= 4 is 5.97 Å². The number of likely N-dealkylation sites (tertiary alicyclic amines) is 1. The fraction of sp³-hybridized carbons (Fsp3) is 0.588. The smallest absolute Gasteiger partial charge is 0.320 e. The Balaban J connectivity index is 1.65. The summed E-state index contributed by atoms with van der Waals surface area (Å²) in [5.74, 6) is -0.0831. The molecule has 114 valence electrons. The number of aliphatic carboxylic acids is 1. The van der Waals surface area contributed by atoms with Gasteiger partial charge in [0.1, 0.15) is 11.9 Å². The third kappa shape index (κ3) is 3.26. The second-order valence-electron chi connectivity index (χ2n) is 6.42. The Labute approximate surface area is 124 Å². The maximum Gasteiger partial charge on any atom is 0.320 e. The van der Waals surface area contributed by atoms with Crippen molar-refractivity contribution in [1.29, 1.82) is 0 Å². The molecule has 1 aromatic rings. The average Bonchev–Trinajstić information content (AvgIpc) is 2.86. The molecular formula is C17H22FNO2. The van der Waals surface area contributed by atoms with Crippen LogP contribution in [0.2, 0.25) is 0 Å². The Morgan fingerprint density at radius 2 is 2.19 bits per heavy atom. The molecule has 0 bridgehead atoms. The molecule has 21 heavy (non-hydrogen) atoms. The maximum absolute atomic E-state index is 13.3. The van der Waals surface area contributed by atoms with Crippen molar-refractivity contribution in [2.45, 2.75) is 44.1 Å². The van der Waals surface area contributed by atoms with Crippen LogP contribution in [-0.4, -0.2) is 35.1 Å². The number of halogens is 1. The van der Waals surface area contributed by atoms with Crippen LogP contribution >= 0.6 is 0 Å². The molecule has 4 heteroatoms. The van der Waals surface area contributed by atoms with Crippen LogP contribution in [0.15, 0.2) is 24.3 Å². The van der Waals surface area contributed by atoms with E-state index in [0.29, 0.717) is 5.92 Å². The van der Waals surface area contributed by atoms with Gasteiger partial charge in [-0.15, -0.1) is 0 Å². The Bertz CT molecular complexity index is 515. The van der Waals surface area contributed by atoms with Gasteiger partial charge in [0.05, 0.1) is 0 Å². The number of rotatable bonds is 5. The molecular weight excluding hydrogens is 269 g/mol. The molecule has 1 aromatic carbocycles. The summed E-state index contributed by atoms with van der Waals surface area (Å²) in [6, 6.07) is 6.34. The van der Waals surface area contributed by atoms with Crippen LogP contribution in [0.25, 0.3) is 0 Å². The molecule has 1 aliphatic carbocycles. The molecule has 0 spiro atoms. The number of nitrogens with zero attached hydrogens (tertiary/aromatic N) is 1. The molecule has 3 nitrogen and oxygen atoms in total.